The molecule has 2 atom stereocenters. The van der Waals surface area contributed by atoms with Crippen molar-refractivity contribution in [2.75, 3.05) is 26.2 Å². The van der Waals surface area contributed by atoms with Crippen LogP contribution in [0.25, 0.3) is 0 Å². The Morgan fingerprint density at radius 2 is 2.50 bits per heavy atom. The van der Waals surface area contributed by atoms with Crippen molar-refractivity contribution in [3.63, 3.8) is 0 Å². The quantitative estimate of drug-likeness (QED) is 0.631. The van der Waals surface area contributed by atoms with E-state index in [9.17, 15) is 0 Å². The van der Waals surface area contributed by atoms with Crippen LogP contribution in [-0.4, -0.2) is 37.2 Å². The molecule has 0 bridgehead atoms. The number of ether oxygens (including phenoxy) is 1. The summed E-state index contributed by atoms with van der Waals surface area (Å²) in [6.07, 6.45) is 1.33. The first kappa shape index (κ1) is 14.0. The number of hydrogen-bond donors (Lipinski definition) is 2. The van der Waals surface area contributed by atoms with Crippen molar-refractivity contribution in [1.82, 2.24) is 10.3 Å². The van der Waals surface area contributed by atoms with E-state index in [1.165, 1.54) is 16.9 Å². The summed E-state index contributed by atoms with van der Waals surface area (Å²) in [6.45, 7) is 8.27. The second-order valence-electron chi connectivity index (χ2n) is 4.79. The van der Waals surface area contributed by atoms with Gasteiger partial charge in [-0.15, -0.1) is 11.3 Å². The Balaban J connectivity index is 2.06. The summed E-state index contributed by atoms with van der Waals surface area (Å²) in [5.41, 5.74) is 4.20. The van der Waals surface area contributed by atoms with Crippen molar-refractivity contribution >= 4 is 11.3 Å². The minimum absolute atomic E-state index is 0.0934. The maximum absolute atomic E-state index is 5.91. The number of hydrazine groups is 1. The summed E-state index contributed by atoms with van der Waals surface area (Å²) in [7, 11) is 0. The Morgan fingerprint density at radius 3 is 3.11 bits per heavy atom. The number of aryl methyl sites for hydroxylation is 1. The SMILES string of the molecule is CCCN1CCOC(C(NN)c2ccsc2C)C1. The summed E-state index contributed by atoms with van der Waals surface area (Å²) in [6, 6.07) is 2.24. The zero-order valence-electron chi connectivity index (χ0n) is 11.2. The molecule has 0 radical (unpaired) electrons. The molecular weight excluding hydrogens is 246 g/mol. The molecule has 1 saturated heterocycles. The largest absolute Gasteiger partial charge is 0.374 e. The molecule has 1 aliphatic heterocycles. The van der Waals surface area contributed by atoms with E-state index in [-0.39, 0.29) is 12.1 Å². The van der Waals surface area contributed by atoms with Gasteiger partial charge in [-0.25, -0.2) is 0 Å². The lowest BCUT2D eigenvalue weighted by Gasteiger charge is -2.36. The molecule has 0 amide bonds. The van der Waals surface area contributed by atoms with Crippen LogP contribution in [0.15, 0.2) is 11.4 Å². The number of thiophene rings is 1. The lowest BCUT2D eigenvalue weighted by molar-refractivity contribution is -0.0471. The monoisotopic (exact) mass is 269 g/mol. The third kappa shape index (κ3) is 3.10. The summed E-state index contributed by atoms with van der Waals surface area (Å²) in [4.78, 5) is 3.77. The van der Waals surface area contributed by atoms with Gasteiger partial charge in [0.15, 0.2) is 0 Å². The smallest absolute Gasteiger partial charge is 0.0910 e. The lowest BCUT2D eigenvalue weighted by Crippen LogP contribution is -2.49. The van der Waals surface area contributed by atoms with E-state index >= 15 is 0 Å². The molecule has 2 heterocycles. The fraction of sp³-hybridized carbons (Fsp3) is 0.692. The second kappa shape index (κ2) is 6.63. The predicted molar refractivity (Wildman–Crippen MR) is 75.6 cm³/mol. The van der Waals surface area contributed by atoms with Crippen LogP contribution in [0.5, 0.6) is 0 Å². The van der Waals surface area contributed by atoms with Crippen molar-refractivity contribution in [3.05, 3.63) is 21.9 Å². The number of hydrogen-bond acceptors (Lipinski definition) is 5. The number of rotatable bonds is 5. The molecule has 2 rings (SSSR count). The zero-order valence-corrected chi connectivity index (χ0v) is 12.0. The molecule has 0 spiro atoms. The fourth-order valence-electron chi connectivity index (χ4n) is 2.57. The first-order chi connectivity index (χ1) is 8.76. The van der Waals surface area contributed by atoms with Gasteiger partial charge in [0.2, 0.25) is 0 Å². The van der Waals surface area contributed by atoms with Crippen LogP contribution in [-0.2, 0) is 4.74 Å². The van der Waals surface area contributed by atoms with E-state index in [0.717, 1.165) is 26.2 Å². The minimum Gasteiger partial charge on any atom is -0.374 e. The highest BCUT2D eigenvalue weighted by molar-refractivity contribution is 7.10. The Morgan fingerprint density at radius 1 is 1.67 bits per heavy atom. The molecule has 102 valence electrons. The van der Waals surface area contributed by atoms with Crippen LogP contribution >= 0.6 is 11.3 Å². The highest BCUT2D eigenvalue weighted by atomic mass is 32.1. The Bertz CT molecular complexity index is 367. The molecule has 2 unspecified atom stereocenters. The maximum atomic E-state index is 5.91. The summed E-state index contributed by atoms with van der Waals surface area (Å²) in [5.74, 6) is 5.74. The molecule has 1 fully saturated rings. The van der Waals surface area contributed by atoms with Crippen molar-refractivity contribution in [2.45, 2.75) is 32.4 Å². The normalized spacial score (nSPS) is 23.2. The van der Waals surface area contributed by atoms with Gasteiger partial charge in [-0.3, -0.25) is 16.2 Å². The molecule has 3 N–H and O–H groups in total. The molecule has 1 aliphatic rings. The molecule has 0 aliphatic carbocycles. The van der Waals surface area contributed by atoms with Crippen molar-refractivity contribution in [3.8, 4) is 0 Å². The Labute approximate surface area is 113 Å². The highest BCUT2D eigenvalue weighted by Gasteiger charge is 2.29. The predicted octanol–water partition coefficient (Wildman–Crippen LogP) is 1.67. The third-order valence-corrected chi connectivity index (χ3v) is 4.36. The molecular formula is C13H23N3OS. The van der Waals surface area contributed by atoms with Gasteiger partial charge in [-0.2, -0.15) is 0 Å². The number of nitrogens with two attached hydrogens (primary N) is 1. The Hall–Kier alpha value is -0.460. The average molecular weight is 269 g/mol. The van der Waals surface area contributed by atoms with E-state index in [4.69, 9.17) is 10.6 Å². The standard InChI is InChI=1S/C13H23N3OS/c1-3-5-16-6-7-17-12(9-16)13(15-14)11-4-8-18-10(11)2/h4,8,12-13,15H,3,5-7,9,14H2,1-2H3. The van der Waals surface area contributed by atoms with Gasteiger partial charge in [0.05, 0.1) is 18.8 Å². The van der Waals surface area contributed by atoms with Gasteiger partial charge >= 0.3 is 0 Å². The van der Waals surface area contributed by atoms with Gasteiger partial charge in [-0.05, 0) is 36.9 Å². The fourth-order valence-corrected chi connectivity index (χ4v) is 3.32. The molecule has 1 aromatic heterocycles. The number of nitrogens with zero attached hydrogens (tertiary/aromatic N) is 1. The van der Waals surface area contributed by atoms with Crippen molar-refractivity contribution in [2.24, 2.45) is 5.84 Å². The third-order valence-electron chi connectivity index (χ3n) is 3.50. The molecule has 0 aromatic carbocycles. The van der Waals surface area contributed by atoms with Crippen LogP contribution in [0.2, 0.25) is 0 Å². The maximum Gasteiger partial charge on any atom is 0.0910 e. The first-order valence-corrected chi connectivity index (χ1v) is 7.48. The van der Waals surface area contributed by atoms with Crippen LogP contribution < -0.4 is 11.3 Å². The van der Waals surface area contributed by atoms with Crippen LogP contribution in [0, 0.1) is 6.92 Å². The minimum atomic E-state index is 0.0934. The molecule has 18 heavy (non-hydrogen) atoms. The van der Waals surface area contributed by atoms with E-state index in [2.05, 4.69) is 35.6 Å². The van der Waals surface area contributed by atoms with Gasteiger partial charge in [0, 0.05) is 18.0 Å². The number of morpholine rings is 1. The van der Waals surface area contributed by atoms with Crippen LogP contribution in [0.4, 0.5) is 0 Å². The van der Waals surface area contributed by atoms with E-state index < -0.39 is 0 Å². The lowest BCUT2D eigenvalue weighted by atomic mass is 10.0. The topological polar surface area (TPSA) is 50.5 Å². The highest BCUT2D eigenvalue weighted by Crippen LogP contribution is 2.27. The second-order valence-corrected chi connectivity index (χ2v) is 5.91. The van der Waals surface area contributed by atoms with Crippen molar-refractivity contribution < 1.29 is 4.74 Å². The van der Waals surface area contributed by atoms with Gasteiger partial charge in [0.1, 0.15) is 0 Å². The summed E-state index contributed by atoms with van der Waals surface area (Å²) >= 11 is 1.76. The average Bonchev–Trinajstić information content (AvgIpc) is 2.78. The molecule has 5 heteroatoms. The molecule has 4 nitrogen and oxygen atoms in total. The van der Waals surface area contributed by atoms with Gasteiger partial charge < -0.3 is 4.74 Å². The summed E-state index contributed by atoms with van der Waals surface area (Å²) < 4.78 is 5.91. The Kier molecular flexibility index (Phi) is 5.14. The zero-order chi connectivity index (χ0) is 13.0. The van der Waals surface area contributed by atoms with Crippen molar-refractivity contribution in [1.29, 1.82) is 0 Å². The summed E-state index contributed by atoms with van der Waals surface area (Å²) in [5, 5.41) is 2.11. The van der Waals surface area contributed by atoms with Gasteiger partial charge in [-0.1, -0.05) is 6.92 Å². The van der Waals surface area contributed by atoms with E-state index in [1.807, 2.05) is 0 Å². The van der Waals surface area contributed by atoms with Gasteiger partial charge in [0.25, 0.3) is 0 Å². The van der Waals surface area contributed by atoms with E-state index in [1.54, 1.807) is 11.3 Å². The van der Waals surface area contributed by atoms with Crippen LogP contribution in [0.1, 0.15) is 29.8 Å². The molecule has 0 saturated carbocycles. The first-order valence-electron chi connectivity index (χ1n) is 6.60. The molecule has 1 aromatic rings. The van der Waals surface area contributed by atoms with Crippen LogP contribution in [0.3, 0.4) is 0 Å². The van der Waals surface area contributed by atoms with E-state index in [0.29, 0.717) is 0 Å². The number of nitrogens with one attached hydrogen (secondary N) is 1.